The molecule has 1 fully saturated rings. The third-order valence-corrected chi connectivity index (χ3v) is 3.57. The summed E-state index contributed by atoms with van der Waals surface area (Å²) in [6, 6.07) is 7.87. The zero-order valence-electron chi connectivity index (χ0n) is 12.0. The lowest BCUT2D eigenvalue weighted by Crippen LogP contribution is -2.41. The summed E-state index contributed by atoms with van der Waals surface area (Å²) in [5.74, 6) is 0.561. The highest BCUT2D eigenvalue weighted by molar-refractivity contribution is 14.0. The maximum atomic E-state index is 10.1. The first-order valence-corrected chi connectivity index (χ1v) is 6.96. The van der Waals surface area contributed by atoms with Crippen molar-refractivity contribution in [3.63, 3.8) is 0 Å². The Labute approximate surface area is 138 Å². The van der Waals surface area contributed by atoms with E-state index >= 15 is 0 Å². The van der Waals surface area contributed by atoms with Crippen LogP contribution in [-0.2, 0) is 0 Å². The van der Waals surface area contributed by atoms with E-state index in [2.05, 4.69) is 9.89 Å². The van der Waals surface area contributed by atoms with Gasteiger partial charge in [0, 0.05) is 13.1 Å². The molecule has 0 bridgehead atoms. The Kier molecular flexibility index (Phi) is 7.29. The van der Waals surface area contributed by atoms with Crippen molar-refractivity contribution >= 4 is 29.9 Å². The van der Waals surface area contributed by atoms with Crippen LogP contribution < -0.4 is 5.73 Å². The number of hydrogen-bond donors (Lipinski definition) is 2. The van der Waals surface area contributed by atoms with Crippen LogP contribution in [0.5, 0.6) is 0 Å². The molecule has 0 amide bonds. The number of aryl methyl sites for hydroxylation is 1. The number of hydrogen-bond acceptors (Lipinski definition) is 2. The van der Waals surface area contributed by atoms with Crippen molar-refractivity contribution in [1.82, 2.24) is 4.90 Å². The number of benzene rings is 1. The van der Waals surface area contributed by atoms with Crippen LogP contribution in [0.2, 0.25) is 0 Å². The van der Waals surface area contributed by atoms with Crippen LogP contribution in [0.1, 0.15) is 36.5 Å². The molecule has 4 nitrogen and oxygen atoms in total. The number of nitrogens with two attached hydrogens (primary N) is 1. The van der Waals surface area contributed by atoms with Gasteiger partial charge in [0.25, 0.3) is 0 Å². The first kappa shape index (κ1) is 17.2. The third kappa shape index (κ3) is 4.94. The van der Waals surface area contributed by atoms with Crippen LogP contribution in [0.25, 0.3) is 0 Å². The van der Waals surface area contributed by atoms with Crippen molar-refractivity contribution < 1.29 is 5.11 Å². The molecule has 1 aromatic rings. The average Bonchev–Trinajstić information content (AvgIpc) is 2.46. The van der Waals surface area contributed by atoms with E-state index in [1.807, 2.05) is 31.2 Å². The summed E-state index contributed by atoms with van der Waals surface area (Å²) in [5.41, 5.74) is 8.04. The van der Waals surface area contributed by atoms with Gasteiger partial charge in [-0.2, -0.15) is 0 Å². The van der Waals surface area contributed by atoms with Gasteiger partial charge in [-0.15, -0.1) is 24.0 Å². The molecule has 0 radical (unpaired) electrons. The van der Waals surface area contributed by atoms with Crippen LogP contribution in [0.3, 0.4) is 0 Å². The zero-order chi connectivity index (χ0) is 13.7. The van der Waals surface area contributed by atoms with E-state index in [1.165, 1.54) is 24.8 Å². The van der Waals surface area contributed by atoms with Gasteiger partial charge in [-0.05, 0) is 31.7 Å². The summed E-state index contributed by atoms with van der Waals surface area (Å²) in [5, 5.41) is 10.1. The van der Waals surface area contributed by atoms with Gasteiger partial charge in [0.15, 0.2) is 5.96 Å². The summed E-state index contributed by atoms with van der Waals surface area (Å²) >= 11 is 0. The molecule has 1 saturated heterocycles. The van der Waals surface area contributed by atoms with E-state index in [9.17, 15) is 5.11 Å². The molecule has 1 aromatic carbocycles. The fourth-order valence-electron chi connectivity index (χ4n) is 2.30. The van der Waals surface area contributed by atoms with Crippen molar-refractivity contribution in [3.8, 4) is 0 Å². The molecule has 112 valence electrons. The Balaban J connectivity index is 0.00000200. The van der Waals surface area contributed by atoms with Gasteiger partial charge in [-0.3, -0.25) is 4.99 Å². The number of nitrogens with zero attached hydrogens (tertiary/aromatic N) is 2. The van der Waals surface area contributed by atoms with Gasteiger partial charge in [0.1, 0.15) is 0 Å². The van der Waals surface area contributed by atoms with E-state index in [0.29, 0.717) is 12.5 Å². The lowest BCUT2D eigenvalue weighted by atomic mass is 10.1. The van der Waals surface area contributed by atoms with E-state index in [-0.39, 0.29) is 24.0 Å². The monoisotopic (exact) mass is 389 g/mol. The van der Waals surface area contributed by atoms with Gasteiger partial charge in [-0.25, -0.2) is 0 Å². The summed E-state index contributed by atoms with van der Waals surface area (Å²) in [4.78, 5) is 6.42. The molecule has 0 spiro atoms. The fourth-order valence-corrected chi connectivity index (χ4v) is 2.30. The molecule has 2 rings (SSSR count). The number of likely N-dealkylation sites (tertiary alicyclic amines) is 1. The van der Waals surface area contributed by atoms with E-state index in [4.69, 9.17) is 5.73 Å². The van der Waals surface area contributed by atoms with Crippen LogP contribution in [0.15, 0.2) is 29.3 Å². The molecular formula is C15H24IN3O. The lowest BCUT2D eigenvalue weighted by Gasteiger charge is -2.27. The SMILES string of the molecule is Cc1ccc(C(O)CN=C(N)N2CCCCC2)cc1.I. The number of piperidine rings is 1. The highest BCUT2D eigenvalue weighted by Crippen LogP contribution is 2.14. The molecule has 0 saturated carbocycles. The number of rotatable bonds is 3. The van der Waals surface area contributed by atoms with Crippen molar-refractivity contribution in [2.45, 2.75) is 32.3 Å². The summed E-state index contributed by atoms with van der Waals surface area (Å²) in [6.45, 7) is 4.32. The first-order chi connectivity index (χ1) is 9.16. The molecule has 1 aliphatic rings. The van der Waals surface area contributed by atoms with Crippen LogP contribution in [-0.4, -0.2) is 35.6 Å². The molecule has 1 aliphatic heterocycles. The predicted octanol–water partition coefficient (Wildman–Crippen LogP) is 2.45. The second-order valence-electron chi connectivity index (χ2n) is 5.17. The maximum absolute atomic E-state index is 10.1. The molecule has 1 atom stereocenters. The van der Waals surface area contributed by atoms with Crippen molar-refractivity contribution in [3.05, 3.63) is 35.4 Å². The van der Waals surface area contributed by atoms with Crippen molar-refractivity contribution in [2.75, 3.05) is 19.6 Å². The maximum Gasteiger partial charge on any atom is 0.191 e. The van der Waals surface area contributed by atoms with Crippen LogP contribution in [0.4, 0.5) is 0 Å². The van der Waals surface area contributed by atoms with Gasteiger partial charge in [0.2, 0.25) is 0 Å². The van der Waals surface area contributed by atoms with Crippen molar-refractivity contribution in [2.24, 2.45) is 10.7 Å². The molecule has 20 heavy (non-hydrogen) atoms. The van der Waals surface area contributed by atoms with Crippen LogP contribution in [0, 0.1) is 6.92 Å². The smallest absolute Gasteiger partial charge is 0.191 e. The fraction of sp³-hybridized carbons (Fsp3) is 0.533. The Hall–Kier alpha value is -0.820. The quantitative estimate of drug-likeness (QED) is 0.474. The van der Waals surface area contributed by atoms with Crippen LogP contribution >= 0.6 is 24.0 Å². The average molecular weight is 389 g/mol. The molecule has 1 heterocycles. The number of guanidine groups is 1. The topological polar surface area (TPSA) is 61.9 Å². The second-order valence-corrected chi connectivity index (χ2v) is 5.17. The predicted molar refractivity (Wildman–Crippen MR) is 93.5 cm³/mol. The summed E-state index contributed by atoms with van der Waals surface area (Å²) in [7, 11) is 0. The molecule has 0 aromatic heterocycles. The number of aliphatic hydroxyl groups is 1. The van der Waals surface area contributed by atoms with E-state index in [0.717, 1.165) is 18.7 Å². The first-order valence-electron chi connectivity index (χ1n) is 6.96. The molecule has 1 unspecified atom stereocenters. The van der Waals surface area contributed by atoms with Gasteiger partial charge in [-0.1, -0.05) is 29.8 Å². The Bertz CT molecular complexity index is 427. The number of halogens is 1. The highest BCUT2D eigenvalue weighted by Gasteiger charge is 2.13. The van der Waals surface area contributed by atoms with Crippen molar-refractivity contribution in [1.29, 1.82) is 0 Å². The van der Waals surface area contributed by atoms with Gasteiger partial charge >= 0.3 is 0 Å². The van der Waals surface area contributed by atoms with Gasteiger partial charge < -0.3 is 15.7 Å². The minimum atomic E-state index is -0.580. The Morgan fingerprint density at radius 2 is 1.85 bits per heavy atom. The zero-order valence-corrected chi connectivity index (χ0v) is 14.3. The number of aliphatic imine (C=N–C) groups is 1. The summed E-state index contributed by atoms with van der Waals surface area (Å²) < 4.78 is 0. The van der Waals surface area contributed by atoms with E-state index < -0.39 is 6.10 Å². The summed E-state index contributed by atoms with van der Waals surface area (Å²) in [6.07, 6.45) is 3.05. The number of aliphatic hydroxyl groups excluding tert-OH is 1. The third-order valence-electron chi connectivity index (χ3n) is 3.57. The molecule has 0 aliphatic carbocycles. The lowest BCUT2D eigenvalue weighted by molar-refractivity contribution is 0.186. The minimum absolute atomic E-state index is 0. The largest absolute Gasteiger partial charge is 0.386 e. The molecule has 3 N–H and O–H groups in total. The van der Waals surface area contributed by atoms with Gasteiger partial charge in [0.05, 0.1) is 12.6 Å². The Morgan fingerprint density at radius 1 is 1.25 bits per heavy atom. The highest BCUT2D eigenvalue weighted by atomic mass is 127. The minimum Gasteiger partial charge on any atom is -0.386 e. The molecule has 5 heteroatoms. The standard InChI is InChI=1S/C15H23N3O.HI/c1-12-5-7-13(8-6-12)14(19)11-17-15(16)18-9-3-2-4-10-18;/h5-8,14,19H,2-4,9-11H2,1H3,(H2,16,17);1H. The molecular weight excluding hydrogens is 365 g/mol. The normalized spacial score (nSPS) is 17.5. The Morgan fingerprint density at radius 3 is 2.45 bits per heavy atom. The second kappa shape index (κ2) is 8.46. The van der Waals surface area contributed by atoms with E-state index in [1.54, 1.807) is 0 Å².